The molecule has 0 aromatic rings. The minimum Gasteiger partial charge on any atom is -0.463 e. The van der Waals surface area contributed by atoms with Crippen LogP contribution in [0.1, 0.15) is 27.2 Å². The molecule has 0 saturated heterocycles. The summed E-state index contributed by atoms with van der Waals surface area (Å²) in [4.78, 5) is 34.3. The molecule has 0 amide bonds. The zero-order valence-electron chi connectivity index (χ0n) is 9.54. The maximum Gasteiger partial charge on any atom is 0.358 e. The van der Waals surface area contributed by atoms with Crippen LogP contribution in [0.4, 0.5) is 0 Å². The van der Waals surface area contributed by atoms with E-state index >= 15 is 0 Å². The van der Waals surface area contributed by atoms with E-state index < -0.39 is 23.3 Å². The van der Waals surface area contributed by atoms with Crippen molar-refractivity contribution in [2.24, 2.45) is 0 Å². The Morgan fingerprint density at radius 1 is 1.25 bits per heavy atom. The van der Waals surface area contributed by atoms with E-state index in [2.05, 4.69) is 15.9 Å². The van der Waals surface area contributed by atoms with Crippen LogP contribution in [0.3, 0.4) is 0 Å². The van der Waals surface area contributed by atoms with E-state index in [0.29, 0.717) is 0 Å². The molecule has 0 aliphatic heterocycles. The maximum absolute atomic E-state index is 11.7. The minimum atomic E-state index is -1.81. The van der Waals surface area contributed by atoms with E-state index in [-0.39, 0.29) is 18.4 Å². The number of hydrogen-bond donors (Lipinski definition) is 0. The Morgan fingerprint density at radius 3 is 2.12 bits per heavy atom. The van der Waals surface area contributed by atoms with E-state index in [0.717, 1.165) is 6.92 Å². The van der Waals surface area contributed by atoms with E-state index in [9.17, 15) is 14.4 Å². The molecule has 0 rings (SSSR count). The van der Waals surface area contributed by atoms with Gasteiger partial charge in [-0.2, -0.15) is 0 Å². The number of Topliss-reactive ketones (excluding diaryl/α,β-unsaturated/α-hetero) is 1. The summed E-state index contributed by atoms with van der Waals surface area (Å²) in [6, 6.07) is 0. The number of halogens is 1. The molecule has 0 N–H and O–H groups in total. The number of ketones is 1. The first-order valence-corrected chi connectivity index (χ1v) is 6.02. The number of esters is 2. The van der Waals surface area contributed by atoms with Crippen molar-refractivity contribution in [2.45, 2.75) is 32.8 Å². The summed E-state index contributed by atoms with van der Waals surface area (Å²) >= 11 is 2.95. The molecule has 6 heteroatoms. The van der Waals surface area contributed by atoms with Crippen LogP contribution in [0.5, 0.6) is 0 Å². The van der Waals surface area contributed by atoms with Crippen molar-refractivity contribution < 1.29 is 23.9 Å². The van der Waals surface area contributed by atoms with Crippen LogP contribution in [-0.4, -0.2) is 35.3 Å². The molecule has 16 heavy (non-hydrogen) atoms. The van der Waals surface area contributed by atoms with Gasteiger partial charge < -0.3 is 9.47 Å². The van der Waals surface area contributed by atoms with E-state index in [4.69, 9.17) is 9.47 Å². The van der Waals surface area contributed by atoms with Gasteiger partial charge in [-0.15, -0.1) is 0 Å². The largest absolute Gasteiger partial charge is 0.463 e. The van der Waals surface area contributed by atoms with Crippen molar-refractivity contribution in [3.8, 4) is 0 Å². The fraction of sp³-hybridized carbons (Fsp3) is 0.700. The lowest BCUT2D eigenvalue weighted by molar-refractivity contribution is -0.184. The summed E-state index contributed by atoms with van der Waals surface area (Å²) in [5.41, 5.74) is -1.81. The Kier molecular flexibility index (Phi) is 6.25. The summed E-state index contributed by atoms with van der Waals surface area (Å²) in [6.45, 7) is 4.47. The third kappa shape index (κ3) is 3.30. The molecule has 0 unspecified atom stereocenters. The highest BCUT2D eigenvalue weighted by atomic mass is 79.9. The zero-order valence-corrected chi connectivity index (χ0v) is 11.1. The van der Waals surface area contributed by atoms with Crippen LogP contribution >= 0.6 is 15.9 Å². The molecular weight excluding hydrogens is 280 g/mol. The van der Waals surface area contributed by atoms with Crippen LogP contribution in [0.25, 0.3) is 0 Å². The normalized spacial score (nSPS) is 13.8. The first kappa shape index (κ1) is 15.1. The highest BCUT2D eigenvalue weighted by Crippen LogP contribution is 2.21. The second-order valence-corrected chi connectivity index (χ2v) is 3.61. The average Bonchev–Trinajstić information content (AvgIpc) is 2.24. The number of carbonyl (C=O) groups excluding carboxylic acids is 3. The molecule has 0 radical (unpaired) electrons. The van der Waals surface area contributed by atoms with E-state index in [1.165, 1.54) is 0 Å². The number of ether oxygens (including phenoxy) is 2. The van der Waals surface area contributed by atoms with Gasteiger partial charge in [-0.25, -0.2) is 4.79 Å². The van der Waals surface area contributed by atoms with Crippen molar-refractivity contribution >= 4 is 33.7 Å². The van der Waals surface area contributed by atoms with Crippen molar-refractivity contribution in [3.63, 3.8) is 0 Å². The van der Waals surface area contributed by atoms with Gasteiger partial charge in [0.05, 0.1) is 11.9 Å². The van der Waals surface area contributed by atoms with Gasteiger partial charge in [0.25, 0.3) is 5.60 Å². The number of alkyl halides is 1. The van der Waals surface area contributed by atoms with Gasteiger partial charge in [0, 0.05) is 13.3 Å². The fourth-order valence-corrected chi connectivity index (χ4v) is 1.68. The molecule has 92 valence electrons. The molecule has 5 nitrogen and oxygen atoms in total. The fourth-order valence-electron chi connectivity index (χ4n) is 1.23. The van der Waals surface area contributed by atoms with Crippen molar-refractivity contribution in [3.05, 3.63) is 0 Å². The van der Waals surface area contributed by atoms with Gasteiger partial charge in [-0.3, -0.25) is 9.59 Å². The van der Waals surface area contributed by atoms with Gasteiger partial charge in [0.2, 0.25) is 0 Å². The lowest BCUT2D eigenvalue weighted by Crippen LogP contribution is -2.51. The van der Waals surface area contributed by atoms with Crippen molar-refractivity contribution in [2.75, 3.05) is 11.9 Å². The second kappa shape index (κ2) is 6.62. The number of carbonyl (C=O) groups is 3. The predicted molar refractivity (Wildman–Crippen MR) is 60.2 cm³/mol. The highest BCUT2D eigenvalue weighted by molar-refractivity contribution is 9.09. The summed E-state index contributed by atoms with van der Waals surface area (Å²) < 4.78 is 9.63. The van der Waals surface area contributed by atoms with Crippen molar-refractivity contribution in [1.82, 2.24) is 0 Å². The molecular formula is C10H15BrO5. The summed E-state index contributed by atoms with van der Waals surface area (Å²) in [5, 5.41) is -0.0765. The van der Waals surface area contributed by atoms with Gasteiger partial charge in [-0.1, -0.05) is 22.9 Å². The highest BCUT2D eigenvalue weighted by Gasteiger charge is 2.48. The predicted octanol–water partition coefficient (Wildman–Crippen LogP) is 1.23. The van der Waals surface area contributed by atoms with Gasteiger partial charge in [0.15, 0.2) is 5.78 Å². The molecule has 0 saturated carbocycles. The Hall–Kier alpha value is -0.910. The lowest BCUT2D eigenvalue weighted by atomic mass is 9.96. The Bertz CT molecular complexity index is 289. The monoisotopic (exact) mass is 294 g/mol. The average molecular weight is 295 g/mol. The minimum absolute atomic E-state index is 0.0514. The molecule has 0 bridgehead atoms. The molecule has 0 heterocycles. The van der Waals surface area contributed by atoms with Crippen LogP contribution in [-0.2, 0) is 23.9 Å². The third-order valence-electron chi connectivity index (χ3n) is 1.99. The number of rotatable bonds is 6. The Labute approximate surface area is 103 Å². The molecule has 0 aliphatic carbocycles. The van der Waals surface area contributed by atoms with E-state index in [1.807, 2.05) is 0 Å². The van der Waals surface area contributed by atoms with Gasteiger partial charge in [0.1, 0.15) is 0 Å². The standard InChI is InChI=1S/C10H15BrO5/c1-4-10(8(13)6-11,16-7(3)12)9(14)15-5-2/h4-6H2,1-3H3/t10-/m0/s1. The quantitative estimate of drug-likeness (QED) is 0.419. The molecule has 0 spiro atoms. The van der Waals surface area contributed by atoms with Crippen molar-refractivity contribution in [1.29, 1.82) is 0 Å². The van der Waals surface area contributed by atoms with Crippen LogP contribution < -0.4 is 0 Å². The molecule has 1 atom stereocenters. The van der Waals surface area contributed by atoms with Gasteiger partial charge in [-0.05, 0) is 6.92 Å². The molecule has 0 aromatic carbocycles. The van der Waals surface area contributed by atoms with Gasteiger partial charge >= 0.3 is 11.9 Å². The van der Waals surface area contributed by atoms with E-state index in [1.54, 1.807) is 13.8 Å². The zero-order chi connectivity index (χ0) is 12.8. The maximum atomic E-state index is 11.7. The SMILES string of the molecule is CCOC(=O)[C@@](CC)(OC(C)=O)C(=O)CBr. The summed E-state index contributed by atoms with van der Waals surface area (Å²) in [7, 11) is 0. The molecule has 0 aliphatic rings. The van der Waals surface area contributed by atoms with Crippen LogP contribution in [0.2, 0.25) is 0 Å². The topological polar surface area (TPSA) is 69.7 Å². The smallest absolute Gasteiger partial charge is 0.358 e. The molecule has 0 fully saturated rings. The summed E-state index contributed by atoms with van der Waals surface area (Å²) in [6.07, 6.45) is 0.0514. The molecule has 0 aromatic heterocycles. The Balaban J connectivity index is 5.18. The number of hydrogen-bond acceptors (Lipinski definition) is 5. The second-order valence-electron chi connectivity index (χ2n) is 3.05. The Morgan fingerprint density at radius 2 is 1.81 bits per heavy atom. The first-order valence-electron chi connectivity index (χ1n) is 4.90. The van der Waals surface area contributed by atoms with Crippen LogP contribution in [0.15, 0.2) is 0 Å². The summed E-state index contributed by atoms with van der Waals surface area (Å²) in [5.74, 6) is -2.04. The first-order chi connectivity index (χ1) is 7.44. The lowest BCUT2D eigenvalue weighted by Gasteiger charge is -2.27. The van der Waals surface area contributed by atoms with Crippen LogP contribution in [0, 0.1) is 0 Å². The third-order valence-corrected chi connectivity index (χ3v) is 2.50.